The second-order valence-corrected chi connectivity index (χ2v) is 7.54. The number of ether oxygens (including phenoxy) is 1. The predicted octanol–water partition coefficient (Wildman–Crippen LogP) is 4.29. The van der Waals surface area contributed by atoms with E-state index in [2.05, 4.69) is 30.0 Å². The standard InChI is InChI=1S/C26H27N3O4/c1-3-18(2)22-11-7-8-12-23(22)33-17-24(30)28-29-26(32)20-13-15-21(16-14-20)27-25(31)19-9-5-4-6-10-19/h4-16,18H,3,17H2,1-2H3,(H,27,31)(H,28,30)(H,29,32). The molecule has 0 aliphatic rings. The lowest BCUT2D eigenvalue weighted by atomic mass is 9.98. The van der Waals surface area contributed by atoms with Gasteiger partial charge in [0.2, 0.25) is 0 Å². The van der Waals surface area contributed by atoms with Crippen LogP contribution in [0.25, 0.3) is 0 Å². The highest BCUT2D eigenvalue weighted by atomic mass is 16.5. The first-order valence-electron chi connectivity index (χ1n) is 10.7. The maximum absolute atomic E-state index is 12.3. The van der Waals surface area contributed by atoms with E-state index in [9.17, 15) is 14.4 Å². The van der Waals surface area contributed by atoms with Gasteiger partial charge in [-0.1, -0.05) is 50.2 Å². The Labute approximate surface area is 193 Å². The highest BCUT2D eigenvalue weighted by molar-refractivity contribution is 6.04. The third-order valence-corrected chi connectivity index (χ3v) is 5.18. The third-order valence-electron chi connectivity index (χ3n) is 5.18. The van der Waals surface area contributed by atoms with E-state index in [0.29, 0.717) is 28.5 Å². The summed E-state index contributed by atoms with van der Waals surface area (Å²) in [5.74, 6) is -0.237. The number of amides is 3. The molecule has 0 radical (unpaired) electrons. The number of carbonyl (C=O) groups excluding carboxylic acids is 3. The summed E-state index contributed by atoms with van der Waals surface area (Å²) in [6.07, 6.45) is 0.956. The molecule has 3 rings (SSSR count). The fourth-order valence-corrected chi connectivity index (χ4v) is 3.11. The van der Waals surface area contributed by atoms with E-state index in [-0.39, 0.29) is 12.5 Å². The summed E-state index contributed by atoms with van der Waals surface area (Å²) in [4.78, 5) is 36.6. The summed E-state index contributed by atoms with van der Waals surface area (Å²) in [6.45, 7) is 3.96. The number of hydrogen-bond acceptors (Lipinski definition) is 4. The second kappa shape index (κ2) is 11.5. The molecular weight excluding hydrogens is 418 g/mol. The molecule has 3 aromatic rings. The van der Waals surface area contributed by atoms with E-state index < -0.39 is 11.8 Å². The predicted molar refractivity (Wildman–Crippen MR) is 127 cm³/mol. The Hall–Kier alpha value is -4.13. The van der Waals surface area contributed by atoms with Gasteiger partial charge in [-0.3, -0.25) is 25.2 Å². The average molecular weight is 446 g/mol. The van der Waals surface area contributed by atoms with Crippen molar-refractivity contribution in [3.63, 3.8) is 0 Å². The van der Waals surface area contributed by atoms with Crippen LogP contribution in [0, 0.1) is 0 Å². The Bertz CT molecular complexity index is 1100. The van der Waals surface area contributed by atoms with Crippen molar-refractivity contribution in [3.8, 4) is 5.75 Å². The van der Waals surface area contributed by atoms with Crippen LogP contribution in [0.5, 0.6) is 5.75 Å². The summed E-state index contributed by atoms with van der Waals surface area (Å²) in [6, 6.07) is 22.8. The van der Waals surface area contributed by atoms with Gasteiger partial charge in [0.25, 0.3) is 17.7 Å². The highest BCUT2D eigenvalue weighted by Gasteiger charge is 2.12. The van der Waals surface area contributed by atoms with Gasteiger partial charge < -0.3 is 10.1 Å². The number of para-hydroxylation sites is 1. The van der Waals surface area contributed by atoms with E-state index in [1.165, 1.54) is 0 Å². The normalized spacial score (nSPS) is 11.2. The Balaban J connectivity index is 1.48. The number of hydrogen-bond donors (Lipinski definition) is 3. The molecule has 3 aromatic carbocycles. The van der Waals surface area contributed by atoms with Crippen LogP contribution in [-0.2, 0) is 4.79 Å². The molecule has 0 saturated heterocycles. The van der Waals surface area contributed by atoms with Crippen molar-refractivity contribution >= 4 is 23.4 Å². The quantitative estimate of drug-likeness (QED) is 0.451. The molecule has 0 aliphatic carbocycles. The van der Waals surface area contributed by atoms with E-state index in [0.717, 1.165) is 12.0 Å². The fourth-order valence-electron chi connectivity index (χ4n) is 3.11. The molecule has 0 spiro atoms. The van der Waals surface area contributed by atoms with Crippen LogP contribution >= 0.6 is 0 Å². The Morgan fingerprint density at radius 3 is 2.12 bits per heavy atom. The second-order valence-electron chi connectivity index (χ2n) is 7.54. The van der Waals surface area contributed by atoms with Crippen molar-refractivity contribution in [2.24, 2.45) is 0 Å². The van der Waals surface area contributed by atoms with Gasteiger partial charge in [-0.2, -0.15) is 0 Å². The maximum Gasteiger partial charge on any atom is 0.276 e. The van der Waals surface area contributed by atoms with Crippen LogP contribution < -0.4 is 20.9 Å². The Kier molecular flexibility index (Phi) is 8.18. The molecule has 0 fully saturated rings. The molecule has 0 aromatic heterocycles. The van der Waals surface area contributed by atoms with Gasteiger partial charge in [-0.25, -0.2) is 0 Å². The monoisotopic (exact) mass is 445 g/mol. The SMILES string of the molecule is CCC(C)c1ccccc1OCC(=O)NNC(=O)c1ccc(NC(=O)c2ccccc2)cc1. The zero-order valence-electron chi connectivity index (χ0n) is 18.6. The number of rotatable bonds is 8. The molecule has 7 heteroatoms. The molecular formula is C26H27N3O4. The number of nitrogens with one attached hydrogen (secondary N) is 3. The summed E-state index contributed by atoms with van der Waals surface area (Å²) >= 11 is 0. The van der Waals surface area contributed by atoms with Crippen LogP contribution in [-0.4, -0.2) is 24.3 Å². The van der Waals surface area contributed by atoms with Gasteiger partial charge >= 0.3 is 0 Å². The molecule has 170 valence electrons. The maximum atomic E-state index is 12.3. The van der Waals surface area contributed by atoms with Crippen LogP contribution in [0.3, 0.4) is 0 Å². The Morgan fingerprint density at radius 1 is 0.788 bits per heavy atom. The van der Waals surface area contributed by atoms with Crippen molar-refractivity contribution in [3.05, 3.63) is 95.6 Å². The fraction of sp³-hybridized carbons (Fsp3) is 0.192. The lowest BCUT2D eigenvalue weighted by molar-refractivity contribution is -0.123. The molecule has 0 aliphatic heterocycles. The Morgan fingerprint density at radius 2 is 1.42 bits per heavy atom. The number of carbonyl (C=O) groups is 3. The molecule has 1 atom stereocenters. The smallest absolute Gasteiger partial charge is 0.276 e. The lowest BCUT2D eigenvalue weighted by Gasteiger charge is -2.15. The van der Waals surface area contributed by atoms with Crippen LogP contribution in [0.1, 0.15) is 52.5 Å². The van der Waals surface area contributed by atoms with Crippen molar-refractivity contribution in [1.29, 1.82) is 0 Å². The molecule has 0 bridgehead atoms. The summed E-state index contributed by atoms with van der Waals surface area (Å²) in [5, 5.41) is 2.77. The largest absolute Gasteiger partial charge is 0.483 e. The molecule has 33 heavy (non-hydrogen) atoms. The van der Waals surface area contributed by atoms with Crippen molar-refractivity contribution in [1.82, 2.24) is 10.9 Å². The lowest BCUT2D eigenvalue weighted by Crippen LogP contribution is -2.43. The van der Waals surface area contributed by atoms with Crippen molar-refractivity contribution in [2.45, 2.75) is 26.2 Å². The molecule has 0 saturated carbocycles. The average Bonchev–Trinajstić information content (AvgIpc) is 2.86. The minimum absolute atomic E-state index is 0.224. The minimum atomic E-state index is -0.482. The van der Waals surface area contributed by atoms with Crippen molar-refractivity contribution in [2.75, 3.05) is 11.9 Å². The first kappa shape index (κ1) is 23.5. The molecule has 3 amide bonds. The first-order valence-corrected chi connectivity index (χ1v) is 10.7. The van der Waals surface area contributed by atoms with Crippen LogP contribution in [0.4, 0.5) is 5.69 Å². The van der Waals surface area contributed by atoms with E-state index in [4.69, 9.17) is 4.74 Å². The zero-order chi connectivity index (χ0) is 23.6. The zero-order valence-corrected chi connectivity index (χ0v) is 18.6. The van der Waals surface area contributed by atoms with Crippen molar-refractivity contribution < 1.29 is 19.1 Å². The summed E-state index contributed by atoms with van der Waals surface area (Å²) in [7, 11) is 0. The molecule has 0 heterocycles. The van der Waals surface area contributed by atoms with Gasteiger partial charge in [-0.05, 0) is 60.4 Å². The van der Waals surface area contributed by atoms with Gasteiger partial charge in [0, 0.05) is 16.8 Å². The number of anilines is 1. The number of benzene rings is 3. The first-order chi connectivity index (χ1) is 16.0. The van der Waals surface area contributed by atoms with Gasteiger partial charge in [0.15, 0.2) is 6.61 Å². The topological polar surface area (TPSA) is 96.5 Å². The van der Waals surface area contributed by atoms with Crippen LogP contribution in [0.2, 0.25) is 0 Å². The summed E-state index contributed by atoms with van der Waals surface area (Å²) < 4.78 is 5.65. The van der Waals surface area contributed by atoms with Crippen LogP contribution in [0.15, 0.2) is 78.9 Å². The summed E-state index contributed by atoms with van der Waals surface area (Å²) in [5.41, 5.74) is 7.17. The molecule has 7 nitrogen and oxygen atoms in total. The molecule has 1 unspecified atom stereocenters. The van der Waals surface area contributed by atoms with E-state index in [1.807, 2.05) is 30.3 Å². The molecule has 3 N–H and O–H groups in total. The van der Waals surface area contributed by atoms with Gasteiger partial charge in [-0.15, -0.1) is 0 Å². The number of hydrazine groups is 1. The highest BCUT2D eigenvalue weighted by Crippen LogP contribution is 2.28. The third kappa shape index (κ3) is 6.67. The van der Waals surface area contributed by atoms with Gasteiger partial charge in [0.1, 0.15) is 5.75 Å². The van der Waals surface area contributed by atoms with E-state index >= 15 is 0 Å². The van der Waals surface area contributed by atoms with Gasteiger partial charge in [0.05, 0.1) is 0 Å². The minimum Gasteiger partial charge on any atom is -0.483 e. The van der Waals surface area contributed by atoms with E-state index in [1.54, 1.807) is 48.5 Å².